The largest absolute Gasteiger partial charge is 0.352 e. The fourth-order valence-corrected chi connectivity index (χ4v) is 2.43. The third-order valence-corrected chi connectivity index (χ3v) is 3.30. The van der Waals surface area contributed by atoms with E-state index < -0.39 is 0 Å². The van der Waals surface area contributed by atoms with Gasteiger partial charge in [0.1, 0.15) is 5.82 Å². The van der Waals surface area contributed by atoms with Gasteiger partial charge >= 0.3 is 0 Å². The first kappa shape index (κ1) is 12.8. The average molecular weight is 250 g/mol. The van der Waals surface area contributed by atoms with Crippen LogP contribution in [0.1, 0.15) is 19.3 Å². The van der Waals surface area contributed by atoms with Crippen LogP contribution in [-0.2, 0) is 0 Å². The lowest BCUT2D eigenvalue weighted by molar-refractivity contribution is -0.384. The predicted molar refractivity (Wildman–Crippen MR) is 69.8 cm³/mol. The van der Waals surface area contributed by atoms with Gasteiger partial charge in [-0.25, -0.2) is 4.98 Å². The van der Waals surface area contributed by atoms with Gasteiger partial charge in [-0.3, -0.25) is 10.1 Å². The van der Waals surface area contributed by atoms with Crippen molar-refractivity contribution in [1.82, 2.24) is 10.3 Å². The number of rotatable bonds is 4. The van der Waals surface area contributed by atoms with Crippen LogP contribution in [0.4, 0.5) is 11.5 Å². The van der Waals surface area contributed by atoms with Crippen molar-refractivity contribution in [2.75, 3.05) is 25.0 Å². The Bertz CT molecular complexity index is 422. The lowest BCUT2D eigenvalue weighted by atomic mass is 10.0. The molecule has 1 aliphatic heterocycles. The maximum atomic E-state index is 10.8. The van der Waals surface area contributed by atoms with Gasteiger partial charge in [-0.2, -0.15) is 0 Å². The third-order valence-electron chi connectivity index (χ3n) is 3.30. The first-order valence-corrected chi connectivity index (χ1v) is 6.24. The van der Waals surface area contributed by atoms with Gasteiger partial charge in [0.2, 0.25) is 0 Å². The molecule has 1 aromatic rings. The summed E-state index contributed by atoms with van der Waals surface area (Å²) >= 11 is 0. The molecule has 98 valence electrons. The Labute approximate surface area is 106 Å². The van der Waals surface area contributed by atoms with Crippen LogP contribution in [0.15, 0.2) is 18.3 Å². The van der Waals surface area contributed by atoms with Crippen molar-refractivity contribution < 1.29 is 4.92 Å². The van der Waals surface area contributed by atoms with Crippen LogP contribution in [0, 0.1) is 10.1 Å². The number of nitrogens with zero attached hydrogens (tertiary/aromatic N) is 3. The minimum absolute atomic E-state index is 0.105. The molecule has 1 aliphatic rings. The zero-order chi connectivity index (χ0) is 13.0. The summed E-state index contributed by atoms with van der Waals surface area (Å²) in [7, 11) is 1.92. The molecule has 1 atom stereocenters. The Kier molecular flexibility index (Phi) is 4.09. The van der Waals surface area contributed by atoms with Gasteiger partial charge < -0.3 is 10.2 Å². The zero-order valence-corrected chi connectivity index (χ0v) is 10.5. The summed E-state index contributed by atoms with van der Waals surface area (Å²) in [4.78, 5) is 16.9. The van der Waals surface area contributed by atoms with Crippen LogP contribution in [-0.4, -0.2) is 36.1 Å². The summed E-state index contributed by atoms with van der Waals surface area (Å²) in [5, 5.41) is 14.0. The second kappa shape index (κ2) is 5.77. The van der Waals surface area contributed by atoms with Crippen LogP contribution in [0.3, 0.4) is 0 Å². The highest BCUT2D eigenvalue weighted by Crippen LogP contribution is 2.25. The molecule has 18 heavy (non-hydrogen) atoms. The second-order valence-electron chi connectivity index (χ2n) is 4.53. The molecule has 6 heteroatoms. The van der Waals surface area contributed by atoms with E-state index in [0.717, 1.165) is 25.9 Å². The number of hydrogen-bond donors (Lipinski definition) is 1. The third kappa shape index (κ3) is 2.76. The maximum absolute atomic E-state index is 10.8. The summed E-state index contributed by atoms with van der Waals surface area (Å²) in [5.74, 6) is 0.712. The van der Waals surface area contributed by atoms with Gasteiger partial charge in [0.15, 0.2) is 0 Å². The molecule has 2 rings (SSSR count). The highest BCUT2D eigenvalue weighted by molar-refractivity contribution is 5.47. The standard InChI is InChI=1S/C12H18N4O2/c1-13-9-11-4-2-3-7-15(11)12-8-10(16(17)18)5-6-14-12/h5-6,8,11,13H,2-4,7,9H2,1H3. The highest BCUT2D eigenvalue weighted by Gasteiger charge is 2.24. The van der Waals surface area contributed by atoms with Crippen LogP contribution < -0.4 is 10.2 Å². The normalized spacial score (nSPS) is 19.8. The van der Waals surface area contributed by atoms with Crippen LogP contribution in [0.25, 0.3) is 0 Å². The van der Waals surface area contributed by atoms with Crippen molar-refractivity contribution in [3.05, 3.63) is 28.4 Å². The molecular formula is C12H18N4O2. The number of nitrogens with one attached hydrogen (secondary N) is 1. The van der Waals surface area contributed by atoms with E-state index in [1.54, 1.807) is 6.07 Å². The SMILES string of the molecule is CNCC1CCCCN1c1cc([N+](=O)[O-])ccn1. The summed E-state index contributed by atoms with van der Waals surface area (Å²) < 4.78 is 0. The molecule has 0 bridgehead atoms. The smallest absolute Gasteiger partial charge is 0.274 e. The van der Waals surface area contributed by atoms with E-state index in [4.69, 9.17) is 0 Å². The molecule has 2 heterocycles. The second-order valence-corrected chi connectivity index (χ2v) is 4.53. The van der Waals surface area contributed by atoms with Gasteiger partial charge in [0.25, 0.3) is 5.69 Å². The average Bonchev–Trinajstić information content (AvgIpc) is 2.40. The number of anilines is 1. The minimum Gasteiger partial charge on any atom is -0.352 e. The van der Waals surface area contributed by atoms with E-state index in [1.165, 1.54) is 18.7 Å². The molecule has 0 aliphatic carbocycles. The number of aromatic nitrogens is 1. The quantitative estimate of drug-likeness (QED) is 0.648. The van der Waals surface area contributed by atoms with Crippen molar-refractivity contribution in [3.63, 3.8) is 0 Å². The number of piperidine rings is 1. The number of pyridine rings is 1. The Morgan fingerprint density at radius 3 is 3.17 bits per heavy atom. The highest BCUT2D eigenvalue weighted by atomic mass is 16.6. The van der Waals surface area contributed by atoms with E-state index in [-0.39, 0.29) is 10.6 Å². The van der Waals surface area contributed by atoms with Crippen LogP contribution in [0.2, 0.25) is 0 Å². The maximum Gasteiger partial charge on any atom is 0.274 e. The van der Waals surface area contributed by atoms with Crippen LogP contribution in [0.5, 0.6) is 0 Å². The number of hydrogen-bond acceptors (Lipinski definition) is 5. The summed E-state index contributed by atoms with van der Waals surface area (Å²) in [5.41, 5.74) is 0.105. The minimum atomic E-state index is -0.373. The molecule has 6 nitrogen and oxygen atoms in total. The molecule has 0 radical (unpaired) electrons. The molecule has 0 aromatic carbocycles. The predicted octanol–water partition coefficient (Wildman–Crippen LogP) is 1.57. The monoisotopic (exact) mass is 250 g/mol. The van der Waals surface area contributed by atoms with E-state index >= 15 is 0 Å². The Morgan fingerprint density at radius 1 is 1.61 bits per heavy atom. The molecule has 1 saturated heterocycles. The van der Waals surface area contributed by atoms with Crippen molar-refractivity contribution in [2.45, 2.75) is 25.3 Å². The lowest BCUT2D eigenvalue weighted by Crippen LogP contribution is -2.45. The molecule has 1 aromatic heterocycles. The Hall–Kier alpha value is -1.69. The molecule has 1 unspecified atom stereocenters. The zero-order valence-electron chi connectivity index (χ0n) is 10.5. The molecule has 0 saturated carbocycles. The van der Waals surface area contributed by atoms with Crippen LogP contribution >= 0.6 is 0 Å². The summed E-state index contributed by atoms with van der Waals surface area (Å²) in [6, 6.07) is 3.37. The van der Waals surface area contributed by atoms with Crippen molar-refractivity contribution in [2.24, 2.45) is 0 Å². The molecule has 1 fully saturated rings. The van der Waals surface area contributed by atoms with Gasteiger partial charge in [-0.15, -0.1) is 0 Å². The van der Waals surface area contributed by atoms with E-state index in [9.17, 15) is 10.1 Å². The van der Waals surface area contributed by atoms with E-state index in [0.29, 0.717) is 11.9 Å². The van der Waals surface area contributed by atoms with Gasteiger partial charge in [0, 0.05) is 31.4 Å². The van der Waals surface area contributed by atoms with E-state index in [1.807, 2.05) is 7.05 Å². The summed E-state index contributed by atoms with van der Waals surface area (Å²) in [6.07, 6.45) is 4.94. The molecule has 1 N–H and O–H groups in total. The topological polar surface area (TPSA) is 71.3 Å². The summed E-state index contributed by atoms with van der Waals surface area (Å²) in [6.45, 7) is 1.80. The molecule has 0 spiro atoms. The van der Waals surface area contributed by atoms with Crippen molar-refractivity contribution >= 4 is 11.5 Å². The lowest BCUT2D eigenvalue weighted by Gasteiger charge is -2.36. The van der Waals surface area contributed by atoms with Gasteiger partial charge in [-0.05, 0) is 26.3 Å². The molecule has 0 amide bonds. The van der Waals surface area contributed by atoms with Gasteiger partial charge in [-0.1, -0.05) is 0 Å². The fraction of sp³-hybridized carbons (Fsp3) is 0.583. The Morgan fingerprint density at radius 2 is 2.44 bits per heavy atom. The van der Waals surface area contributed by atoms with Crippen molar-refractivity contribution in [1.29, 1.82) is 0 Å². The van der Waals surface area contributed by atoms with Crippen molar-refractivity contribution in [3.8, 4) is 0 Å². The Balaban J connectivity index is 2.22. The first-order chi connectivity index (χ1) is 8.72. The number of nitro groups is 1. The number of likely N-dealkylation sites (N-methyl/N-ethyl adjacent to an activating group) is 1. The molecular weight excluding hydrogens is 232 g/mol. The van der Waals surface area contributed by atoms with Gasteiger partial charge in [0.05, 0.1) is 11.0 Å². The van der Waals surface area contributed by atoms with E-state index in [2.05, 4.69) is 15.2 Å². The fourth-order valence-electron chi connectivity index (χ4n) is 2.43. The first-order valence-electron chi connectivity index (χ1n) is 6.24.